The van der Waals surface area contributed by atoms with E-state index in [2.05, 4.69) is 5.32 Å². The van der Waals surface area contributed by atoms with Crippen LogP contribution < -0.4 is 14.4 Å². The van der Waals surface area contributed by atoms with Crippen LogP contribution in [0, 0.1) is 0 Å². The molecule has 0 radical (unpaired) electrons. The van der Waals surface area contributed by atoms with E-state index in [9.17, 15) is 13.2 Å². The number of para-hydroxylation sites is 1. The molecular formula is C22H22N2O4S. The molecule has 0 spiro atoms. The van der Waals surface area contributed by atoms with Crippen LogP contribution in [-0.4, -0.2) is 34.7 Å². The van der Waals surface area contributed by atoms with Gasteiger partial charge < -0.3 is 10.1 Å². The second-order valence-electron chi connectivity index (χ2n) is 6.48. The van der Waals surface area contributed by atoms with Gasteiger partial charge in [0, 0.05) is 18.2 Å². The van der Waals surface area contributed by atoms with Crippen molar-refractivity contribution in [2.24, 2.45) is 0 Å². The van der Waals surface area contributed by atoms with Gasteiger partial charge in [-0.1, -0.05) is 42.5 Å². The molecular weight excluding hydrogens is 388 g/mol. The molecule has 6 nitrogen and oxygen atoms in total. The molecule has 3 aromatic carbocycles. The highest BCUT2D eigenvalue weighted by Gasteiger charge is 2.19. The molecule has 0 atom stereocenters. The maximum Gasteiger partial charge on any atom is 0.255 e. The number of benzene rings is 3. The number of hydrogen-bond donors (Lipinski definition) is 1. The Morgan fingerprint density at radius 3 is 2.28 bits per heavy atom. The van der Waals surface area contributed by atoms with Crippen LogP contribution in [0.25, 0.3) is 11.1 Å². The Morgan fingerprint density at radius 1 is 0.966 bits per heavy atom. The summed E-state index contributed by atoms with van der Waals surface area (Å²) in [5.74, 6) is 0.350. The Kier molecular flexibility index (Phi) is 5.89. The van der Waals surface area contributed by atoms with Gasteiger partial charge in [0.1, 0.15) is 5.75 Å². The molecule has 0 saturated carbocycles. The van der Waals surface area contributed by atoms with Gasteiger partial charge in [-0.15, -0.1) is 0 Å². The Hall–Kier alpha value is -3.32. The number of anilines is 2. The van der Waals surface area contributed by atoms with Gasteiger partial charge >= 0.3 is 0 Å². The molecule has 0 aromatic heterocycles. The number of methoxy groups -OCH3 is 1. The Labute approximate surface area is 170 Å². The third-order valence-electron chi connectivity index (χ3n) is 4.54. The van der Waals surface area contributed by atoms with Crippen LogP contribution in [0.2, 0.25) is 0 Å². The molecule has 0 bridgehead atoms. The molecule has 29 heavy (non-hydrogen) atoms. The van der Waals surface area contributed by atoms with Crippen molar-refractivity contribution in [2.45, 2.75) is 0 Å². The van der Waals surface area contributed by atoms with E-state index in [1.54, 1.807) is 49.6 Å². The average Bonchev–Trinajstić information content (AvgIpc) is 2.73. The normalized spacial score (nSPS) is 11.0. The summed E-state index contributed by atoms with van der Waals surface area (Å²) >= 11 is 0. The fraction of sp³-hybridized carbons (Fsp3) is 0.136. The molecule has 0 heterocycles. The summed E-state index contributed by atoms with van der Waals surface area (Å²) in [5.41, 5.74) is 2.85. The maximum absolute atomic E-state index is 12.7. The summed E-state index contributed by atoms with van der Waals surface area (Å²) in [6, 6.07) is 21.5. The average molecular weight is 410 g/mol. The molecule has 0 unspecified atom stereocenters. The summed E-state index contributed by atoms with van der Waals surface area (Å²) in [6.45, 7) is 0. The highest BCUT2D eigenvalue weighted by Crippen LogP contribution is 2.36. The fourth-order valence-electron chi connectivity index (χ4n) is 2.92. The second kappa shape index (κ2) is 8.36. The highest BCUT2D eigenvalue weighted by molar-refractivity contribution is 7.92. The Bertz CT molecular complexity index is 1130. The summed E-state index contributed by atoms with van der Waals surface area (Å²) < 4.78 is 30.7. The minimum Gasteiger partial charge on any atom is -0.496 e. The molecule has 0 fully saturated rings. The number of nitrogens with zero attached hydrogens (tertiary/aromatic N) is 1. The minimum atomic E-state index is -3.51. The van der Waals surface area contributed by atoms with E-state index in [1.165, 1.54) is 7.05 Å². The van der Waals surface area contributed by atoms with Gasteiger partial charge in [0.05, 0.1) is 24.7 Å². The number of rotatable bonds is 6. The largest absolute Gasteiger partial charge is 0.496 e. The number of nitrogens with one attached hydrogen (secondary N) is 1. The molecule has 3 aromatic rings. The molecule has 0 aliphatic heterocycles. The van der Waals surface area contributed by atoms with E-state index in [0.29, 0.717) is 22.7 Å². The second-order valence-corrected chi connectivity index (χ2v) is 8.50. The van der Waals surface area contributed by atoms with E-state index in [4.69, 9.17) is 4.74 Å². The van der Waals surface area contributed by atoms with Gasteiger partial charge in [0.25, 0.3) is 5.91 Å². The van der Waals surface area contributed by atoms with E-state index in [1.807, 2.05) is 30.3 Å². The zero-order chi connectivity index (χ0) is 21.0. The van der Waals surface area contributed by atoms with E-state index in [-0.39, 0.29) is 5.91 Å². The van der Waals surface area contributed by atoms with Gasteiger partial charge in [0.2, 0.25) is 10.0 Å². The summed E-state index contributed by atoms with van der Waals surface area (Å²) in [7, 11) is -0.476. The van der Waals surface area contributed by atoms with Crippen molar-refractivity contribution < 1.29 is 17.9 Å². The van der Waals surface area contributed by atoms with Crippen LogP contribution in [0.15, 0.2) is 72.8 Å². The minimum absolute atomic E-state index is 0.328. The molecule has 0 aliphatic carbocycles. The van der Waals surface area contributed by atoms with Crippen molar-refractivity contribution in [3.05, 3.63) is 78.4 Å². The van der Waals surface area contributed by atoms with Crippen LogP contribution in [0.4, 0.5) is 11.4 Å². The van der Waals surface area contributed by atoms with Crippen LogP contribution in [0.5, 0.6) is 5.75 Å². The molecule has 3 rings (SSSR count). The summed E-state index contributed by atoms with van der Waals surface area (Å²) in [6.07, 6.45) is 1.12. The topological polar surface area (TPSA) is 75.7 Å². The third kappa shape index (κ3) is 4.57. The summed E-state index contributed by atoms with van der Waals surface area (Å²) in [4.78, 5) is 12.7. The van der Waals surface area contributed by atoms with Gasteiger partial charge in [-0.2, -0.15) is 0 Å². The first kappa shape index (κ1) is 20.4. The van der Waals surface area contributed by atoms with Gasteiger partial charge in [-0.25, -0.2) is 8.42 Å². The quantitative estimate of drug-likeness (QED) is 0.666. The lowest BCUT2D eigenvalue weighted by Crippen LogP contribution is -2.26. The van der Waals surface area contributed by atoms with Gasteiger partial charge in [0.15, 0.2) is 0 Å². The van der Waals surface area contributed by atoms with E-state index >= 15 is 0 Å². The third-order valence-corrected chi connectivity index (χ3v) is 5.73. The van der Waals surface area contributed by atoms with E-state index < -0.39 is 10.0 Å². The molecule has 7 heteroatoms. The number of carbonyl (C=O) groups excluding carboxylic acids is 1. The lowest BCUT2D eigenvalue weighted by Gasteiger charge is -2.22. The Balaban J connectivity index is 2.10. The number of sulfonamides is 1. The predicted molar refractivity (Wildman–Crippen MR) is 116 cm³/mol. The fourth-order valence-corrected chi connectivity index (χ4v) is 3.44. The lowest BCUT2D eigenvalue weighted by atomic mass is 10.0. The van der Waals surface area contributed by atoms with Crippen molar-refractivity contribution in [1.82, 2.24) is 0 Å². The molecule has 1 amide bonds. The van der Waals surface area contributed by atoms with Crippen molar-refractivity contribution in [3.63, 3.8) is 0 Å². The number of carbonyl (C=O) groups is 1. The monoisotopic (exact) mass is 410 g/mol. The number of amides is 1. The predicted octanol–water partition coefficient (Wildman–Crippen LogP) is 4.01. The van der Waals surface area contributed by atoms with Crippen LogP contribution in [0.3, 0.4) is 0 Å². The zero-order valence-electron chi connectivity index (χ0n) is 16.4. The first-order valence-corrected chi connectivity index (χ1v) is 10.7. The van der Waals surface area contributed by atoms with Crippen molar-refractivity contribution in [2.75, 3.05) is 30.0 Å². The van der Waals surface area contributed by atoms with Crippen LogP contribution in [-0.2, 0) is 10.0 Å². The van der Waals surface area contributed by atoms with Gasteiger partial charge in [-0.3, -0.25) is 9.10 Å². The number of ether oxygens (including phenoxy) is 1. The zero-order valence-corrected chi connectivity index (χ0v) is 17.2. The summed E-state index contributed by atoms with van der Waals surface area (Å²) in [5, 5.41) is 2.84. The molecule has 0 saturated heterocycles. The SMILES string of the molecule is COc1ccccc1-c1ccc(N(C)S(C)(=O)=O)c(NC(=O)c2ccccc2)c1. The standard InChI is InChI=1S/C22H22N2O4S/c1-24(29(3,26)27)20-14-13-17(18-11-7-8-12-21(18)28-2)15-19(20)23-22(25)16-9-5-4-6-10-16/h4-15H,1-3H3,(H,23,25). The molecule has 0 aliphatic rings. The lowest BCUT2D eigenvalue weighted by molar-refractivity contribution is 0.102. The smallest absolute Gasteiger partial charge is 0.255 e. The highest BCUT2D eigenvalue weighted by atomic mass is 32.2. The van der Waals surface area contributed by atoms with Crippen molar-refractivity contribution in [3.8, 4) is 16.9 Å². The first-order valence-electron chi connectivity index (χ1n) is 8.89. The Morgan fingerprint density at radius 2 is 1.62 bits per heavy atom. The van der Waals surface area contributed by atoms with Gasteiger partial charge in [-0.05, 0) is 35.9 Å². The molecule has 150 valence electrons. The molecule has 1 N–H and O–H groups in total. The van der Waals surface area contributed by atoms with Crippen LogP contribution >= 0.6 is 0 Å². The van der Waals surface area contributed by atoms with Crippen molar-refractivity contribution >= 4 is 27.3 Å². The van der Waals surface area contributed by atoms with E-state index in [0.717, 1.165) is 21.7 Å². The first-order chi connectivity index (χ1) is 13.8. The maximum atomic E-state index is 12.7. The van der Waals surface area contributed by atoms with Crippen LogP contribution in [0.1, 0.15) is 10.4 Å². The van der Waals surface area contributed by atoms with Crippen molar-refractivity contribution in [1.29, 1.82) is 0 Å². The number of hydrogen-bond acceptors (Lipinski definition) is 4.